The number of methoxy groups -OCH3 is 2. The van der Waals surface area contributed by atoms with Gasteiger partial charge in [0.05, 0.1) is 20.3 Å². The smallest absolute Gasteiger partial charge is 0.183 e. The van der Waals surface area contributed by atoms with Crippen molar-refractivity contribution in [1.29, 1.82) is 5.26 Å². The number of nitriles is 1. The lowest BCUT2D eigenvalue weighted by molar-refractivity contribution is -0.128. The Morgan fingerprint density at radius 2 is 2.15 bits per heavy atom. The molecule has 0 aromatic heterocycles. The summed E-state index contributed by atoms with van der Waals surface area (Å²) in [4.78, 5) is 12.3. The van der Waals surface area contributed by atoms with Crippen molar-refractivity contribution in [3.63, 3.8) is 0 Å². The van der Waals surface area contributed by atoms with Gasteiger partial charge < -0.3 is 14.2 Å². The molecule has 5 nitrogen and oxygen atoms in total. The molecule has 5 heteroatoms. The fraction of sp³-hybridized carbons (Fsp3) is 0.467. The highest BCUT2D eigenvalue weighted by atomic mass is 16.5. The normalized spacial score (nSPS) is 19.1. The highest BCUT2D eigenvalue weighted by Gasteiger charge is 2.31. The van der Waals surface area contributed by atoms with Gasteiger partial charge >= 0.3 is 0 Å². The van der Waals surface area contributed by atoms with Crippen molar-refractivity contribution in [1.82, 2.24) is 0 Å². The third-order valence-electron chi connectivity index (χ3n) is 3.40. The van der Waals surface area contributed by atoms with Gasteiger partial charge in [0, 0.05) is 6.61 Å². The molecular formula is C15H17NO4. The van der Waals surface area contributed by atoms with Crippen LogP contribution in [-0.2, 0) is 9.53 Å². The first-order chi connectivity index (χ1) is 9.71. The summed E-state index contributed by atoms with van der Waals surface area (Å²) in [6.45, 7) is 0.584. The van der Waals surface area contributed by atoms with Crippen LogP contribution in [0.1, 0.15) is 24.3 Å². The summed E-state index contributed by atoms with van der Waals surface area (Å²) >= 11 is 0. The Morgan fingerprint density at radius 1 is 1.40 bits per heavy atom. The Bertz CT molecular complexity index is 529. The largest absolute Gasteiger partial charge is 0.493 e. The van der Waals surface area contributed by atoms with E-state index in [4.69, 9.17) is 14.2 Å². The van der Waals surface area contributed by atoms with Crippen molar-refractivity contribution in [2.45, 2.75) is 24.9 Å². The van der Waals surface area contributed by atoms with Gasteiger partial charge in [-0.1, -0.05) is 6.07 Å². The maximum atomic E-state index is 12.3. The maximum absolute atomic E-state index is 12.3. The zero-order chi connectivity index (χ0) is 14.5. The van der Waals surface area contributed by atoms with Gasteiger partial charge in [0.15, 0.2) is 17.3 Å². The molecule has 0 saturated carbocycles. The quantitative estimate of drug-likeness (QED) is 0.822. The van der Waals surface area contributed by atoms with Crippen molar-refractivity contribution in [2.24, 2.45) is 0 Å². The van der Waals surface area contributed by atoms with Crippen molar-refractivity contribution < 1.29 is 19.0 Å². The van der Waals surface area contributed by atoms with E-state index in [-0.39, 0.29) is 5.78 Å². The molecule has 0 amide bonds. The third kappa shape index (κ3) is 2.75. The molecule has 2 atom stereocenters. The van der Waals surface area contributed by atoms with Crippen LogP contribution in [0.25, 0.3) is 0 Å². The van der Waals surface area contributed by atoms with Gasteiger partial charge in [0.1, 0.15) is 12.0 Å². The second-order valence-electron chi connectivity index (χ2n) is 4.58. The molecule has 1 aliphatic rings. The number of carbonyl (C=O) groups is 1. The number of hydrogen-bond donors (Lipinski definition) is 0. The Labute approximate surface area is 118 Å². The Kier molecular flexibility index (Phi) is 4.59. The maximum Gasteiger partial charge on any atom is 0.183 e. The molecule has 0 aliphatic carbocycles. The van der Waals surface area contributed by atoms with Crippen LogP contribution in [0.2, 0.25) is 0 Å². The minimum atomic E-state index is -0.835. The summed E-state index contributed by atoms with van der Waals surface area (Å²) in [6, 6.07) is 7.13. The number of hydrogen-bond acceptors (Lipinski definition) is 5. The first-order valence-electron chi connectivity index (χ1n) is 6.48. The summed E-state index contributed by atoms with van der Waals surface area (Å²) in [5, 5.41) is 9.30. The predicted octanol–water partition coefficient (Wildman–Crippen LogP) is 2.06. The second-order valence-corrected chi connectivity index (χ2v) is 4.58. The van der Waals surface area contributed by atoms with Crippen LogP contribution in [0.5, 0.6) is 11.5 Å². The van der Waals surface area contributed by atoms with E-state index in [2.05, 4.69) is 6.07 Å². The number of ether oxygens (including phenoxy) is 3. The summed E-state index contributed by atoms with van der Waals surface area (Å²) in [7, 11) is 3.06. The molecular weight excluding hydrogens is 258 g/mol. The average Bonchev–Trinajstić information content (AvgIpc) is 3.01. The summed E-state index contributed by atoms with van der Waals surface area (Å²) in [6.07, 6.45) is 1.08. The lowest BCUT2D eigenvalue weighted by Gasteiger charge is -2.15. The number of nitrogens with zero attached hydrogens (tertiary/aromatic N) is 1. The molecule has 20 heavy (non-hydrogen) atoms. The molecule has 1 heterocycles. The summed E-state index contributed by atoms with van der Waals surface area (Å²) < 4.78 is 15.7. The average molecular weight is 275 g/mol. The van der Waals surface area contributed by atoms with Gasteiger partial charge in [-0.3, -0.25) is 4.79 Å². The summed E-state index contributed by atoms with van der Waals surface area (Å²) in [5.41, 5.74) is 0.602. The highest BCUT2D eigenvalue weighted by molar-refractivity contribution is 5.92. The first kappa shape index (κ1) is 14.4. The fourth-order valence-corrected chi connectivity index (χ4v) is 2.32. The number of Topliss-reactive ketones (excluding diaryl/α,β-unsaturated/α-hetero) is 1. The molecule has 1 saturated heterocycles. The van der Waals surface area contributed by atoms with E-state index in [1.165, 1.54) is 14.2 Å². The SMILES string of the molecule is COc1ccc(C(C#N)C(=O)C2CCCO2)cc1OC. The molecule has 2 unspecified atom stereocenters. The van der Waals surface area contributed by atoms with E-state index in [1.807, 2.05) is 0 Å². The van der Waals surface area contributed by atoms with Crippen LogP contribution in [0, 0.1) is 11.3 Å². The first-order valence-corrected chi connectivity index (χ1v) is 6.48. The zero-order valence-electron chi connectivity index (χ0n) is 11.6. The minimum absolute atomic E-state index is 0.183. The standard InChI is InChI=1S/C15H17NO4/c1-18-12-6-5-10(8-14(12)19-2)11(9-16)15(17)13-4-3-7-20-13/h5-6,8,11,13H,3-4,7H2,1-2H3. The molecule has 0 radical (unpaired) electrons. The molecule has 1 aromatic rings. The van der Waals surface area contributed by atoms with Crippen molar-refractivity contribution in [3.8, 4) is 17.6 Å². The van der Waals surface area contributed by atoms with Crippen LogP contribution in [-0.4, -0.2) is 32.7 Å². The predicted molar refractivity (Wildman–Crippen MR) is 71.9 cm³/mol. The van der Waals surface area contributed by atoms with Crippen LogP contribution in [0.4, 0.5) is 0 Å². The van der Waals surface area contributed by atoms with Crippen LogP contribution in [0.15, 0.2) is 18.2 Å². The van der Waals surface area contributed by atoms with E-state index >= 15 is 0 Å². The van der Waals surface area contributed by atoms with Gasteiger partial charge in [0.25, 0.3) is 0 Å². The lowest BCUT2D eigenvalue weighted by Crippen LogP contribution is -2.25. The molecule has 2 rings (SSSR count). The van der Waals surface area contributed by atoms with Crippen molar-refractivity contribution >= 4 is 5.78 Å². The Balaban J connectivity index is 2.27. The van der Waals surface area contributed by atoms with Gasteiger partial charge in [-0.15, -0.1) is 0 Å². The van der Waals surface area contributed by atoms with Gasteiger partial charge in [0.2, 0.25) is 0 Å². The van der Waals surface area contributed by atoms with Gasteiger partial charge in [-0.05, 0) is 30.5 Å². The van der Waals surface area contributed by atoms with Gasteiger partial charge in [-0.2, -0.15) is 5.26 Å². The third-order valence-corrected chi connectivity index (χ3v) is 3.40. The molecule has 1 aliphatic heterocycles. The zero-order valence-corrected chi connectivity index (χ0v) is 11.6. The van der Waals surface area contributed by atoms with E-state index in [1.54, 1.807) is 18.2 Å². The molecule has 106 valence electrons. The molecule has 1 fully saturated rings. The summed E-state index contributed by atoms with van der Waals surface area (Å²) in [5.74, 6) is 0.0537. The number of benzene rings is 1. The monoisotopic (exact) mass is 275 g/mol. The second kappa shape index (κ2) is 6.40. The molecule has 1 aromatic carbocycles. The number of carbonyl (C=O) groups excluding carboxylic acids is 1. The highest BCUT2D eigenvalue weighted by Crippen LogP contribution is 2.32. The topological polar surface area (TPSA) is 68.5 Å². The minimum Gasteiger partial charge on any atom is -0.493 e. The Morgan fingerprint density at radius 3 is 2.70 bits per heavy atom. The fourth-order valence-electron chi connectivity index (χ4n) is 2.32. The number of ketones is 1. The van der Waals surface area contributed by atoms with Crippen LogP contribution in [0.3, 0.4) is 0 Å². The lowest BCUT2D eigenvalue weighted by atomic mass is 9.92. The molecule has 0 bridgehead atoms. The number of rotatable bonds is 5. The molecule has 0 N–H and O–H groups in total. The van der Waals surface area contributed by atoms with Crippen LogP contribution < -0.4 is 9.47 Å². The van der Waals surface area contributed by atoms with E-state index in [9.17, 15) is 10.1 Å². The Hall–Kier alpha value is -2.06. The van der Waals surface area contributed by atoms with E-state index < -0.39 is 12.0 Å². The van der Waals surface area contributed by atoms with Crippen molar-refractivity contribution in [3.05, 3.63) is 23.8 Å². The van der Waals surface area contributed by atoms with E-state index in [0.29, 0.717) is 30.1 Å². The van der Waals surface area contributed by atoms with E-state index in [0.717, 1.165) is 6.42 Å². The van der Waals surface area contributed by atoms with Crippen LogP contribution >= 0.6 is 0 Å². The van der Waals surface area contributed by atoms with Crippen molar-refractivity contribution in [2.75, 3.05) is 20.8 Å². The molecule has 0 spiro atoms. The van der Waals surface area contributed by atoms with Gasteiger partial charge in [-0.25, -0.2) is 0 Å².